The summed E-state index contributed by atoms with van der Waals surface area (Å²) in [6.07, 6.45) is 0. The van der Waals surface area contributed by atoms with Crippen LogP contribution < -0.4 is 5.48 Å². The van der Waals surface area contributed by atoms with Crippen molar-refractivity contribution < 1.29 is 9.94 Å². The van der Waals surface area contributed by atoms with Crippen LogP contribution >= 0.6 is 0 Å². The van der Waals surface area contributed by atoms with Gasteiger partial charge in [0.25, 0.3) is 0 Å². The number of ether oxygens (including phenoxy) is 1. The van der Waals surface area contributed by atoms with Crippen LogP contribution in [0.1, 0.15) is 0 Å². The van der Waals surface area contributed by atoms with E-state index < -0.39 is 0 Å². The Balaban J connectivity index is 2.01. The second kappa shape index (κ2) is 1.55. The Morgan fingerprint density at radius 2 is 2.33 bits per heavy atom. The molecule has 0 spiro atoms. The van der Waals surface area contributed by atoms with Crippen molar-refractivity contribution in [2.45, 2.75) is 6.04 Å². The highest BCUT2D eigenvalue weighted by Crippen LogP contribution is 1.96. The van der Waals surface area contributed by atoms with Crippen LogP contribution in [-0.4, -0.2) is 24.5 Å². The van der Waals surface area contributed by atoms with Gasteiger partial charge in [-0.05, 0) is 0 Å². The standard InChI is InChI=1S/C3H7NO2/c5-4-3-1-6-2-3/h3-5H,1-2H2. The lowest BCUT2D eigenvalue weighted by molar-refractivity contribution is -0.0580. The smallest absolute Gasteiger partial charge is 0.0786 e. The van der Waals surface area contributed by atoms with Gasteiger partial charge in [0, 0.05) is 0 Å². The van der Waals surface area contributed by atoms with E-state index in [1.54, 1.807) is 0 Å². The highest BCUT2D eigenvalue weighted by molar-refractivity contribution is 4.66. The van der Waals surface area contributed by atoms with Gasteiger partial charge < -0.3 is 9.94 Å². The van der Waals surface area contributed by atoms with E-state index >= 15 is 0 Å². The fourth-order valence-electron chi connectivity index (χ4n) is 0.310. The average Bonchev–Trinajstić information content (AvgIpc) is 1.31. The third-order valence-corrected chi connectivity index (χ3v) is 0.821. The lowest BCUT2D eigenvalue weighted by atomic mass is 10.3. The van der Waals surface area contributed by atoms with Crippen molar-refractivity contribution in [3.8, 4) is 0 Å². The molecule has 1 aliphatic rings. The van der Waals surface area contributed by atoms with Gasteiger partial charge in [-0.1, -0.05) is 0 Å². The molecule has 36 valence electrons. The van der Waals surface area contributed by atoms with Gasteiger partial charge in [0.05, 0.1) is 19.3 Å². The molecule has 0 saturated carbocycles. The molecule has 3 nitrogen and oxygen atoms in total. The van der Waals surface area contributed by atoms with Gasteiger partial charge in [-0.2, -0.15) is 5.48 Å². The van der Waals surface area contributed by atoms with Gasteiger partial charge in [-0.15, -0.1) is 0 Å². The van der Waals surface area contributed by atoms with Crippen LogP contribution in [-0.2, 0) is 4.74 Å². The molecule has 0 radical (unpaired) electrons. The topological polar surface area (TPSA) is 41.5 Å². The summed E-state index contributed by atoms with van der Waals surface area (Å²) in [5, 5.41) is 8.06. The van der Waals surface area contributed by atoms with E-state index in [0.717, 1.165) is 0 Å². The van der Waals surface area contributed by atoms with Gasteiger partial charge in [-0.25, -0.2) is 0 Å². The number of hydroxylamine groups is 1. The van der Waals surface area contributed by atoms with Crippen molar-refractivity contribution >= 4 is 0 Å². The maximum absolute atomic E-state index is 8.06. The molecule has 0 unspecified atom stereocenters. The minimum Gasteiger partial charge on any atom is -0.378 e. The molecule has 0 aromatic heterocycles. The molecule has 1 fully saturated rings. The highest BCUT2D eigenvalue weighted by atomic mass is 16.5. The van der Waals surface area contributed by atoms with Crippen LogP contribution in [0, 0.1) is 0 Å². The zero-order valence-corrected chi connectivity index (χ0v) is 3.35. The van der Waals surface area contributed by atoms with Crippen LogP contribution in [0.25, 0.3) is 0 Å². The average molecular weight is 89.1 g/mol. The number of hydrogen-bond donors (Lipinski definition) is 2. The van der Waals surface area contributed by atoms with Gasteiger partial charge in [-0.3, -0.25) is 0 Å². The largest absolute Gasteiger partial charge is 0.378 e. The van der Waals surface area contributed by atoms with Gasteiger partial charge >= 0.3 is 0 Å². The molecule has 1 aliphatic heterocycles. The van der Waals surface area contributed by atoms with Crippen LogP contribution in [0.2, 0.25) is 0 Å². The first kappa shape index (κ1) is 4.05. The molecule has 0 atom stereocenters. The quantitative estimate of drug-likeness (QED) is 0.420. The van der Waals surface area contributed by atoms with Crippen molar-refractivity contribution in [1.29, 1.82) is 0 Å². The van der Waals surface area contributed by atoms with Gasteiger partial charge in [0.1, 0.15) is 0 Å². The molecule has 0 amide bonds. The molecular weight excluding hydrogens is 82.0 g/mol. The summed E-state index contributed by atoms with van der Waals surface area (Å²) in [5.41, 5.74) is 2.08. The second-order valence-electron chi connectivity index (χ2n) is 1.36. The molecular formula is C3H7NO2. The molecule has 1 saturated heterocycles. The minimum absolute atomic E-state index is 0.199. The fourth-order valence-corrected chi connectivity index (χ4v) is 0.310. The molecule has 6 heavy (non-hydrogen) atoms. The van der Waals surface area contributed by atoms with Gasteiger partial charge in [0.15, 0.2) is 0 Å². The lowest BCUT2D eigenvalue weighted by Crippen LogP contribution is -2.44. The van der Waals surface area contributed by atoms with Crippen LogP contribution in [0.5, 0.6) is 0 Å². The van der Waals surface area contributed by atoms with Crippen molar-refractivity contribution in [3.63, 3.8) is 0 Å². The molecule has 1 rings (SSSR count). The zero-order chi connectivity index (χ0) is 4.41. The summed E-state index contributed by atoms with van der Waals surface area (Å²) in [6, 6.07) is 0.199. The molecule has 3 heteroatoms. The van der Waals surface area contributed by atoms with Crippen molar-refractivity contribution in [3.05, 3.63) is 0 Å². The van der Waals surface area contributed by atoms with Crippen LogP contribution in [0.4, 0.5) is 0 Å². The van der Waals surface area contributed by atoms with E-state index in [-0.39, 0.29) is 6.04 Å². The first-order valence-electron chi connectivity index (χ1n) is 1.91. The monoisotopic (exact) mass is 89.0 g/mol. The summed E-state index contributed by atoms with van der Waals surface area (Å²) in [6.45, 7) is 1.30. The number of rotatable bonds is 1. The Kier molecular flexibility index (Phi) is 1.05. The highest BCUT2D eigenvalue weighted by Gasteiger charge is 2.15. The second-order valence-corrected chi connectivity index (χ2v) is 1.36. The molecule has 0 aromatic rings. The Morgan fingerprint density at radius 1 is 1.67 bits per heavy atom. The number of hydrogen-bond acceptors (Lipinski definition) is 3. The van der Waals surface area contributed by atoms with Crippen molar-refractivity contribution in [1.82, 2.24) is 5.48 Å². The first-order valence-corrected chi connectivity index (χ1v) is 1.91. The maximum atomic E-state index is 8.06. The molecule has 0 bridgehead atoms. The predicted molar refractivity (Wildman–Crippen MR) is 19.5 cm³/mol. The Hall–Kier alpha value is -0.120. The van der Waals surface area contributed by atoms with E-state index in [0.29, 0.717) is 13.2 Å². The molecule has 2 N–H and O–H groups in total. The fraction of sp³-hybridized carbons (Fsp3) is 1.00. The van der Waals surface area contributed by atoms with Crippen molar-refractivity contribution in [2.75, 3.05) is 13.2 Å². The van der Waals surface area contributed by atoms with Crippen LogP contribution in [0.3, 0.4) is 0 Å². The normalized spacial score (nSPS) is 23.5. The SMILES string of the molecule is ONC1COC1. The summed E-state index contributed by atoms with van der Waals surface area (Å²) < 4.78 is 4.70. The van der Waals surface area contributed by atoms with Crippen molar-refractivity contribution in [2.24, 2.45) is 0 Å². The van der Waals surface area contributed by atoms with E-state index in [2.05, 4.69) is 5.48 Å². The van der Waals surface area contributed by atoms with E-state index in [1.165, 1.54) is 0 Å². The Morgan fingerprint density at radius 3 is 2.33 bits per heavy atom. The van der Waals surface area contributed by atoms with E-state index in [4.69, 9.17) is 9.94 Å². The van der Waals surface area contributed by atoms with E-state index in [1.807, 2.05) is 0 Å². The van der Waals surface area contributed by atoms with Crippen LogP contribution in [0.15, 0.2) is 0 Å². The maximum Gasteiger partial charge on any atom is 0.0786 e. The Bertz CT molecular complexity index is 41.3. The summed E-state index contributed by atoms with van der Waals surface area (Å²) >= 11 is 0. The predicted octanol–water partition coefficient (Wildman–Crippen LogP) is -0.636. The Labute approximate surface area is 35.9 Å². The summed E-state index contributed by atoms with van der Waals surface area (Å²) in [7, 11) is 0. The van der Waals surface area contributed by atoms with E-state index in [9.17, 15) is 0 Å². The first-order chi connectivity index (χ1) is 2.93. The number of nitrogens with one attached hydrogen (secondary N) is 1. The lowest BCUT2D eigenvalue weighted by Gasteiger charge is -2.23. The molecule has 0 aliphatic carbocycles. The molecule has 1 heterocycles. The third kappa shape index (κ3) is 0.518. The summed E-state index contributed by atoms with van der Waals surface area (Å²) in [5.74, 6) is 0. The summed E-state index contributed by atoms with van der Waals surface area (Å²) in [4.78, 5) is 0. The van der Waals surface area contributed by atoms with Gasteiger partial charge in [0.2, 0.25) is 0 Å². The minimum atomic E-state index is 0.199. The molecule has 0 aromatic carbocycles. The third-order valence-electron chi connectivity index (χ3n) is 0.821. The zero-order valence-electron chi connectivity index (χ0n) is 3.35.